The third kappa shape index (κ3) is 4.14. The second-order valence-electron chi connectivity index (χ2n) is 7.06. The molecule has 1 aliphatic carbocycles. The third-order valence-corrected chi connectivity index (χ3v) is 5.43. The molecule has 0 nitrogen and oxygen atoms in total. The van der Waals surface area contributed by atoms with Gasteiger partial charge in [-0.25, -0.2) is 0 Å². The lowest BCUT2D eigenvalue weighted by molar-refractivity contribution is 0.276. The molecular formula is C18H34. The minimum Gasteiger partial charge on any atom is -0.0914 e. The van der Waals surface area contributed by atoms with Crippen molar-refractivity contribution in [1.82, 2.24) is 0 Å². The van der Waals surface area contributed by atoms with Gasteiger partial charge in [0.1, 0.15) is 0 Å². The first-order valence-electron chi connectivity index (χ1n) is 8.10. The Morgan fingerprint density at radius 2 is 1.78 bits per heavy atom. The van der Waals surface area contributed by atoms with Gasteiger partial charge in [-0.15, -0.1) is 0 Å². The molecule has 0 aromatic rings. The molecule has 0 radical (unpaired) electrons. The van der Waals surface area contributed by atoms with Crippen molar-refractivity contribution in [2.75, 3.05) is 0 Å². The summed E-state index contributed by atoms with van der Waals surface area (Å²) < 4.78 is 0. The average Bonchev–Trinajstić information content (AvgIpc) is 2.58. The molecule has 1 rings (SSSR count). The van der Waals surface area contributed by atoms with Crippen molar-refractivity contribution in [1.29, 1.82) is 0 Å². The van der Waals surface area contributed by atoms with Gasteiger partial charge in [-0.1, -0.05) is 59.6 Å². The van der Waals surface area contributed by atoms with Crippen LogP contribution in [0.25, 0.3) is 0 Å². The van der Waals surface area contributed by atoms with Crippen molar-refractivity contribution in [2.45, 2.75) is 67.2 Å². The highest BCUT2D eigenvalue weighted by molar-refractivity contribution is 4.88. The summed E-state index contributed by atoms with van der Waals surface area (Å²) in [5, 5.41) is 0. The van der Waals surface area contributed by atoms with Gasteiger partial charge in [0.2, 0.25) is 0 Å². The summed E-state index contributed by atoms with van der Waals surface area (Å²) >= 11 is 0. The van der Waals surface area contributed by atoms with Crippen LogP contribution in [0.4, 0.5) is 0 Å². The monoisotopic (exact) mass is 250 g/mol. The van der Waals surface area contributed by atoms with E-state index in [1.165, 1.54) is 25.7 Å². The zero-order chi connectivity index (χ0) is 13.7. The number of hydrogen-bond donors (Lipinski definition) is 0. The minimum atomic E-state index is 0.769. The van der Waals surface area contributed by atoms with Gasteiger partial charge in [-0.2, -0.15) is 0 Å². The molecule has 0 amide bonds. The first-order chi connectivity index (χ1) is 8.47. The average molecular weight is 250 g/mol. The topological polar surface area (TPSA) is 0 Å². The highest BCUT2D eigenvalue weighted by Crippen LogP contribution is 2.46. The highest BCUT2D eigenvalue weighted by atomic mass is 14.4. The Morgan fingerprint density at radius 3 is 2.28 bits per heavy atom. The van der Waals surface area contributed by atoms with Crippen molar-refractivity contribution in [3.63, 3.8) is 0 Å². The Kier molecular flexibility index (Phi) is 6.46. The Labute approximate surface area is 115 Å². The number of rotatable bonds is 6. The van der Waals surface area contributed by atoms with Crippen LogP contribution in [0.5, 0.6) is 0 Å². The fourth-order valence-electron chi connectivity index (χ4n) is 3.98. The molecule has 0 heterocycles. The molecule has 5 unspecified atom stereocenters. The Hall–Kier alpha value is -0.260. The molecule has 0 aromatic heterocycles. The van der Waals surface area contributed by atoms with Crippen LogP contribution in [0.1, 0.15) is 67.2 Å². The van der Waals surface area contributed by atoms with Crippen LogP contribution in [-0.2, 0) is 0 Å². The fraction of sp³-hybridized carbons (Fsp3) is 0.889. The zero-order valence-corrected chi connectivity index (χ0v) is 13.4. The van der Waals surface area contributed by atoms with Crippen LogP contribution < -0.4 is 0 Å². The van der Waals surface area contributed by atoms with E-state index in [9.17, 15) is 0 Å². The van der Waals surface area contributed by atoms with Crippen molar-refractivity contribution in [3.05, 3.63) is 12.2 Å². The molecule has 0 saturated heterocycles. The maximum atomic E-state index is 2.49. The maximum Gasteiger partial charge on any atom is -0.0262 e. The quantitative estimate of drug-likeness (QED) is 0.512. The molecule has 0 bridgehead atoms. The third-order valence-electron chi connectivity index (χ3n) is 5.43. The van der Waals surface area contributed by atoms with Gasteiger partial charge in [0.05, 0.1) is 0 Å². The summed E-state index contributed by atoms with van der Waals surface area (Å²) in [7, 11) is 0. The lowest BCUT2D eigenvalue weighted by Gasteiger charge is -2.21. The maximum absolute atomic E-state index is 2.49. The Bertz CT molecular complexity index is 251. The second kappa shape index (κ2) is 7.36. The number of hydrogen-bond acceptors (Lipinski definition) is 0. The van der Waals surface area contributed by atoms with Crippen LogP contribution in [0, 0.1) is 35.5 Å². The molecule has 0 aromatic carbocycles. The van der Waals surface area contributed by atoms with Crippen LogP contribution in [0.15, 0.2) is 12.2 Å². The summed E-state index contributed by atoms with van der Waals surface area (Å²) in [4.78, 5) is 0. The van der Waals surface area contributed by atoms with Gasteiger partial charge < -0.3 is 0 Å². The van der Waals surface area contributed by atoms with E-state index >= 15 is 0 Å². The van der Waals surface area contributed by atoms with Gasteiger partial charge in [-0.3, -0.25) is 0 Å². The van der Waals surface area contributed by atoms with Crippen LogP contribution >= 0.6 is 0 Å². The van der Waals surface area contributed by atoms with Gasteiger partial charge in [0.25, 0.3) is 0 Å². The minimum absolute atomic E-state index is 0.769. The summed E-state index contributed by atoms with van der Waals surface area (Å²) in [5.41, 5.74) is 0. The molecule has 0 heteroatoms. The highest BCUT2D eigenvalue weighted by Gasteiger charge is 2.38. The standard InChI is InChI=1S/C18H34/c1-7-9-14(4)10-8-11-17-12-18(13(2)3)16(6)15(17)5/h7,9,13-18H,8,10-12H2,1-6H3. The molecule has 106 valence electrons. The first kappa shape index (κ1) is 15.8. The molecule has 5 atom stereocenters. The van der Waals surface area contributed by atoms with E-state index in [-0.39, 0.29) is 0 Å². The second-order valence-corrected chi connectivity index (χ2v) is 7.06. The molecule has 0 spiro atoms. The van der Waals surface area contributed by atoms with Crippen LogP contribution in [-0.4, -0.2) is 0 Å². The summed E-state index contributed by atoms with van der Waals surface area (Å²) in [6, 6.07) is 0. The molecule has 1 saturated carbocycles. The zero-order valence-electron chi connectivity index (χ0n) is 13.4. The Balaban J connectivity index is 2.35. The predicted octanol–water partition coefficient (Wildman–Crippen LogP) is 5.93. The van der Waals surface area contributed by atoms with E-state index < -0.39 is 0 Å². The molecule has 1 aliphatic rings. The van der Waals surface area contributed by atoms with E-state index in [4.69, 9.17) is 0 Å². The van der Waals surface area contributed by atoms with Crippen LogP contribution in [0.3, 0.4) is 0 Å². The van der Waals surface area contributed by atoms with E-state index in [2.05, 4.69) is 53.7 Å². The molecule has 1 fully saturated rings. The van der Waals surface area contributed by atoms with Gasteiger partial charge in [0, 0.05) is 0 Å². The molecular weight excluding hydrogens is 216 g/mol. The lowest BCUT2D eigenvalue weighted by atomic mass is 9.84. The normalized spacial score (nSPS) is 34.6. The molecule has 0 aliphatic heterocycles. The van der Waals surface area contributed by atoms with Gasteiger partial charge in [-0.05, 0) is 55.3 Å². The van der Waals surface area contributed by atoms with Crippen molar-refractivity contribution in [2.24, 2.45) is 35.5 Å². The van der Waals surface area contributed by atoms with Crippen LogP contribution in [0.2, 0.25) is 0 Å². The smallest absolute Gasteiger partial charge is 0.0262 e. The molecule has 18 heavy (non-hydrogen) atoms. The SMILES string of the molecule is CC=CC(C)CCCC1CC(C(C)C)C(C)C1C. The van der Waals surface area contributed by atoms with E-state index in [1.807, 2.05) is 0 Å². The largest absolute Gasteiger partial charge is 0.0914 e. The van der Waals surface area contributed by atoms with E-state index in [0.29, 0.717) is 0 Å². The summed E-state index contributed by atoms with van der Waals surface area (Å²) in [6.45, 7) is 14.3. The fourth-order valence-corrected chi connectivity index (χ4v) is 3.98. The summed E-state index contributed by atoms with van der Waals surface area (Å²) in [5.74, 6) is 5.47. The lowest BCUT2D eigenvalue weighted by Crippen LogP contribution is -2.14. The van der Waals surface area contributed by atoms with E-state index in [1.54, 1.807) is 0 Å². The van der Waals surface area contributed by atoms with Crippen molar-refractivity contribution >= 4 is 0 Å². The van der Waals surface area contributed by atoms with E-state index in [0.717, 1.165) is 35.5 Å². The number of allylic oxidation sites excluding steroid dienone is 2. The Morgan fingerprint density at radius 1 is 1.11 bits per heavy atom. The first-order valence-corrected chi connectivity index (χ1v) is 8.10. The van der Waals surface area contributed by atoms with Gasteiger partial charge in [0.15, 0.2) is 0 Å². The predicted molar refractivity (Wildman–Crippen MR) is 82.6 cm³/mol. The summed E-state index contributed by atoms with van der Waals surface area (Å²) in [6.07, 6.45) is 10.3. The van der Waals surface area contributed by atoms with Crippen molar-refractivity contribution < 1.29 is 0 Å². The van der Waals surface area contributed by atoms with Crippen molar-refractivity contribution in [3.8, 4) is 0 Å². The molecule has 0 N–H and O–H groups in total. The van der Waals surface area contributed by atoms with Gasteiger partial charge >= 0.3 is 0 Å².